The molecule has 5 heteroatoms. The molecule has 1 N–H and O–H groups in total. The van der Waals surface area contributed by atoms with E-state index in [1.165, 1.54) is 4.88 Å². The van der Waals surface area contributed by atoms with Crippen LogP contribution in [-0.2, 0) is 4.74 Å². The first kappa shape index (κ1) is 15.3. The lowest BCUT2D eigenvalue weighted by Crippen LogP contribution is -2.40. The van der Waals surface area contributed by atoms with Crippen LogP contribution in [0.15, 0.2) is 17.5 Å². The molecule has 1 aliphatic heterocycles. The Kier molecular flexibility index (Phi) is 4.70. The lowest BCUT2D eigenvalue weighted by molar-refractivity contribution is 0.0504. The third-order valence-electron chi connectivity index (χ3n) is 3.44. The van der Waals surface area contributed by atoms with Crippen LogP contribution >= 0.6 is 11.3 Å². The molecule has 2 heterocycles. The molecule has 20 heavy (non-hydrogen) atoms. The van der Waals surface area contributed by atoms with E-state index in [9.17, 15) is 4.79 Å². The van der Waals surface area contributed by atoms with E-state index in [1.807, 2.05) is 20.8 Å². The molecule has 0 aromatic carbocycles. The van der Waals surface area contributed by atoms with Crippen LogP contribution in [0.25, 0.3) is 0 Å². The van der Waals surface area contributed by atoms with Crippen molar-refractivity contribution in [2.24, 2.45) is 0 Å². The molecule has 0 bridgehead atoms. The number of hydrogen-bond acceptors (Lipinski definition) is 4. The Labute approximate surface area is 125 Å². The van der Waals surface area contributed by atoms with Gasteiger partial charge < -0.3 is 10.1 Å². The van der Waals surface area contributed by atoms with E-state index < -0.39 is 5.60 Å². The molecule has 4 nitrogen and oxygen atoms in total. The van der Waals surface area contributed by atoms with Crippen LogP contribution < -0.4 is 5.32 Å². The minimum Gasteiger partial charge on any atom is -0.444 e. The van der Waals surface area contributed by atoms with Gasteiger partial charge in [-0.2, -0.15) is 0 Å². The van der Waals surface area contributed by atoms with Crippen LogP contribution in [-0.4, -0.2) is 35.7 Å². The van der Waals surface area contributed by atoms with Crippen LogP contribution in [0, 0.1) is 0 Å². The normalized spacial score (nSPS) is 21.7. The van der Waals surface area contributed by atoms with Gasteiger partial charge in [-0.1, -0.05) is 6.07 Å². The number of nitrogens with zero attached hydrogens (tertiary/aromatic N) is 1. The van der Waals surface area contributed by atoms with E-state index in [4.69, 9.17) is 4.74 Å². The van der Waals surface area contributed by atoms with Crippen molar-refractivity contribution < 1.29 is 9.53 Å². The van der Waals surface area contributed by atoms with Crippen molar-refractivity contribution in [3.8, 4) is 0 Å². The summed E-state index contributed by atoms with van der Waals surface area (Å²) in [6.45, 7) is 9.77. The maximum Gasteiger partial charge on any atom is 0.407 e. The van der Waals surface area contributed by atoms with Crippen molar-refractivity contribution in [1.82, 2.24) is 10.2 Å². The minimum absolute atomic E-state index is 0.187. The first-order chi connectivity index (χ1) is 9.35. The van der Waals surface area contributed by atoms with Crippen LogP contribution in [0.5, 0.6) is 0 Å². The maximum atomic E-state index is 11.8. The molecule has 0 aliphatic carbocycles. The molecular formula is C15H24N2O2S. The first-order valence-corrected chi connectivity index (χ1v) is 8.00. The van der Waals surface area contributed by atoms with Gasteiger partial charge in [-0.3, -0.25) is 4.90 Å². The van der Waals surface area contributed by atoms with Gasteiger partial charge in [0.2, 0.25) is 0 Å². The average molecular weight is 296 g/mol. The summed E-state index contributed by atoms with van der Waals surface area (Å²) in [6.07, 6.45) is 0.669. The molecular weight excluding hydrogens is 272 g/mol. The van der Waals surface area contributed by atoms with Crippen molar-refractivity contribution in [2.45, 2.75) is 51.8 Å². The Morgan fingerprint density at radius 2 is 2.30 bits per heavy atom. The zero-order chi connectivity index (χ0) is 14.8. The molecule has 2 rings (SSSR count). The van der Waals surface area contributed by atoms with E-state index >= 15 is 0 Å². The van der Waals surface area contributed by atoms with E-state index in [0.29, 0.717) is 6.04 Å². The lowest BCUT2D eigenvalue weighted by atomic mass is 10.2. The zero-order valence-electron chi connectivity index (χ0n) is 12.7. The fraction of sp³-hybridized carbons (Fsp3) is 0.667. The van der Waals surface area contributed by atoms with Gasteiger partial charge in [0.05, 0.1) is 0 Å². The summed E-state index contributed by atoms with van der Waals surface area (Å²) in [5.74, 6) is 0. The number of alkyl carbamates (subject to hydrolysis) is 1. The second-order valence-electron chi connectivity index (χ2n) is 6.32. The van der Waals surface area contributed by atoms with Crippen molar-refractivity contribution in [1.29, 1.82) is 0 Å². The number of amides is 1. The van der Waals surface area contributed by atoms with Gasteiger partial charge >= 0.3 is 6.09 Å². The van der Waals surface area contributed by atoms with Gasteiger partial charge in [0.1, 0.15) is 5.60 Å². The highest BCUT2D eigenvalue weighted by atomic mass is 32.1. The van der Waals surface area contributed by atoms with Gasteiger partial charge in [-0.15, -0.1) is 11.3 Å². The molecule has 2 atom stereocenters. The van der Waals surface area contributed by atoms with Gasteiger partial charge in [0.15, 0.2) is 0 Å². The largest absolute Gasteiger partial charge is 0.444 e. The van der Waals surface area contributed by atoms with Gasteiger partial charge in [0, 0.05) is 30.1 Å². The fourth-order valence-electron chi connectivity index (χ4n) is 2.44. The number of carbonyl (C=O) groups is 1. The van der Waals surface area contributed by atoms with E-state index in [2.05, 4.69) is 34.7 Å². The monoisotopic (exact) mass is 296 g/mol. The minimum atomic E-state index is -0.438. The molecule has 0 spiro atoms. The van der Waals surface area contributed by atoms with Gasteiger partial charge in [-0.25, -0.2) is 4.79 Å². The quantitative estimate of drug-likeness (QED) is 0.929. The van der Waals surface area contributed by atoms with Crippen LogP contribution in [0.1, 0.15) is 45.0 Å². The summed E-state index contributed by atoms with van der Waals surface area (Å²) in [7, 11) is 0. The second kappa shape index (κ2) is 6.14. The predicted octanol–water partition coefficient (Wildman–Crippen LogP) is 3.41. The standard InChI is InChI=1S/C15H24N2O2S/c1-11(13-6-5-9-20-13)17-8-7-12(10-17)16-14(18)19-15(2,3)4/h5-6,9,11-12H,7-8,10H2,1-4H3,(H,16,18). The Morgan fingerprint density at radius 3 is 2.90 bits per heavy atom. The number of carbonyl (C=O) groups excluding carboxylic acids is 1. The zero-order valence-corrected chi connectivity index (χ0v) is 13.5. The molecule has 0 saturated carbocycles. The smallest absolute Gasteiger partial charge is 0.407 e. The highest BCUT2D eigenvalue weighted by Crippen LogP contribution is 2.27. The molecule has 1 fully saturated rings. The molecule has 1 amide bonds. The Balaban J connectivity index is 1.82. The third kappa shape index (κ3) is 4.21. The summed E-state index contributed by atoms with van der Waals surface area (Å²) in [5, 5.41) is 5.08. The summed E-state index contributed by atoms with van der Waals surface area (Å²) < 4.78 is 5.30. The Bertz CT molecular complexity index is 439. The van der Waals surface area contributed by atoms with Gasteiger partial charge in [0.25, 0.3) is 0 Å². The number of likely N-dealkylation sites (tertiary alicyclic amines) is 1. The number of nitrogens with one attached hydrogen (secondary N) is 1. The van der Waals surface area contributed by atoms with Crippen molar-refractivity contribution >= 4 is 17.4 Å². The van der Waals surface area contributed by atoms with E-state index in [0.717, 1.165) is 19.5 Å². The molecule has 112 valence electrons. The SMILES string of the molecule is CC(c1cccs1)N1CCC(NC(=O)OC(C)(C)C)C1. The summed E-state index contributed by atoms with van der Waals surface area (Å²) in [5.41, 5.74) is -0.438. The molecule has 1 saturated heterocycles. The number of ether oxygens (including phenoxy) is 1. The van der Waals surface area contributed by atoms with E-state index in [1.54, 1.807) is 11.3 Å². The Morgan fingerprint density at radius 1 is 1.55 bits per heavy atom. The molecule has 2 unspecified atom stereocenters. The van der Waals surface area contributed by atoms with Crippen LogP contribution in [0.4, 0.5) is 4.79 Å². The fourth-order valence-corrected chi connectivity index (χ4v) is 3.26. The van der Waals surface area contributed by atoms with E-state index in [-0.39, 0.29) is 12.1 Å². The Hall–Kier alpha value is -1.07. The van der Waals surface area contributed by atoms with Crippen LogP contribution in [0.3, 0.4) is 0 Å². The third-order valence-corrected chi connectivity index (χ3v) is 4.49. The highest BCUT2D eigenvalue weighted by Gasteiger charge is 2.29. The van der Waals surface area contributed by atoms with Crippen molar-refractivity contribution in [3.05, 3.63) is 22.4 Å². The number of thiophene rings is 1. The van der Waals surface area contributed by atoms with Gasteiger partial charge in [-0.05, 0) is 45.6 Å². The lowest BCUT2D eigenvalue weighted by Gasteiger charge is -2.24. The molecule has 0 radical (unpaired) electrons. The summed E-state index contributed by atoms with van der Waals surface area (Å²) >= 11 is 1.79. The molecule has 1 aromatic rings. The van der Waals surface area contributed by atoms with Crippen molar-refractivity contribution in [2.75, 3.05) is 13.1 Å². The highest BCUT2D eigenvalue weighted by molar-refractivity contribution is 7.10. The topological polar surface area (TPSA) is 41.6 Å². The first-order valence-electron chi connectivity index (χ1n) is 7.12. The summed E-state index contributed by atoms with van der Waals surface area (Å²) in [4.78, 5) is 15.6. The molecule has 1 aliphatic rings. The predicted molar refractivity (Wildman–Crippen MR) is 82.1 cm³/mol. The average Bonchev–Trinajstić information content (AvgIpc) is 2.95. The van der Waals surface area contributed by atoms with Crippen LogP contribution in [0.2, 0.25) is 0 Å². The second-order valence-corrected chi connectivity index (χ2v) is 7.30. The summed E-state index contributed by atoms with van der Waals surface area (Å²) in [6, 6.07) is 4.86. The number of hydrogen-bond donors (Lipinski definition) is 1. The van der Waals surface area contributed by atoms with Crippen molar-refractivity contribution in [3.63, 3.8) is 0 Å². The maximum absolute atomic E-state index is 11.8. The molecule has 1 aromatic heterocycles. The number of rotatable bonds is 3.